The van der Waals surface area contributed by atoms with Gasteiger partial charge in [0.25, 0.3) is 0 Å². The zero-order chi connectivity index (χ0) is 58.5. The van der Waals surface area contributed by atoms with Gasteiger partial charge in [0.15, 0.2) is 6.10 Å². The number of carbonyl (C=O) groups excluding carboxylic acids is 3. The molecule has 0 N–H and O–H groups in total. The third-order valence-electron chi connectivity index (χ3n) is 16.3. The molecule has 0 amide bonds. The van der Waals surface area contributed by atoms with Gasteiger partial charge in [0.05, 0.1) is 0 Å². The number of esters is 3. The lowest BCUT2D eigenvalue weighted by Gasteiger charge is -2.18. The van der Waals surface area contributed by atoms with E-state index in [1.165, 1.54) is 276 Å². The Bertz CT molecular complexity index is 1400. The summed E-state index contributed by atoms with van der Waals surface area (Å²) in [5.74, 6) is -0.858. The van der Waals surface area contributed by atoms with Gasteiger partial charge >= 0.3 is 17.9 Å². The fourth-order valence-electron chi connectivity index (χ4n) is 10.9. The van der Waals surface area contributed by atoms with Crippen LogP contribution in [0.1, 0.15) is 393 Å². The number of carbonyl (C=O) groups is 3. The minimum absolute atomic E-state index is 0.0732. The van der Waals surface area contributed by atoms with Crippen molar-refractivity contribution in [3.63, 3.8) is 0 Å². The monoisotopic (exact) mass is 1140 g/mol. The molecule has 0 saturated heterocycles. The van der Waals surface area contributed by atoms with Crippen LogP contribution in [0.5, 0.6) is 0 Å². The molecule has 0 aromatic carbocycles. The van der Waals surface area contributed by atoms with E-state index in [-0.39, 0.29) is 31.1 Å². The van der Waals surface area contributed by atoms with Crippen LogP contribution >= 0.6 is 0 Å². The number of allylic oxidation sites excluding steroid dienone is 8. The van der Waals surface area contributed by atoms with Gasteiger partial charge < -0.3 is 14.2 Å². The van der Waals surface area contributed by atoms with Crippen molar-refractivity contribution in [3.05, 3.63) is 48.6 Å². The van der Waals surface area contributed by atoms with Crippen LogP contribution in [-0.2, 0) is 28.6 Å². The first-order valence-electron chi connectivity index (χ1n) is 36.1. The third-order valence-corrected chi connectivity index (χ3v) is 16.3. The van der Waals surface area contributed by atoms with Crippen LogP contribution in [0.25, 0.3) is 0 Å². The Balaban J connectivity index is 4.29. The van der Waals surface area contributed by atoms with E-state index in [0.29, 0.717) is 19.3 Å². The standard InChI is InChI=1S/C75H138O6/c1-4-7-10-13-16-19-22-25-28-31-34-35-36-37-38-39-40-42-44-47-50-53-56-59-62-65-68-74(77)80-71-72(70-79-73(76)67-64-61-58-55-52-49-46-43-33-30-27-24-21-18-15-12-9-6-3)81-75(78)69-66-63-60-57-54-51-48-45-41-32-29-26-23-20-17-14-11-8-5-2/h17,20-21,24,26,29-30,33,72H,4-16,18-19,22-23,25,27-28,31-32,34-71H2,1-3H3/b20-17-,24-21-,29-26-,33-30-. The number of unbranched alkanes of at least 4 members (excludes halogenated alkanes) is 48. The summed E-state index contributed by atoms with van der Waals surface area (Å²) in [6.45, 7) is 6.66. The number of hydrogen-bond acceptors (Lipinski definition) is 6. The molecule has 0 aromatic rings. The van der Waals surface area contributed by atoms with Crippen LogP contribution in [0.4, 0.5) is 0 Å². The van der Waals surface area contributed by atoms with Crippen molar-refractivity contribution in [3.8, 4) is 0 Å². The van der Waals surface area contributed by atoms with E-state index >= 15 is 0 Å². The maximum atomic E-state index is 13.0. The Morgan fingerprint density at radius 1 is 0.247 bits per heavy atom. The molecule has 0 aliphatic carbocycles. The van der Waals surface area contributed by atoms with Crippen molar-refractivity contribution < 1.29 is 28.6 Å². The Morgan fingerprint density at radius 2 is 0.444 bits per heavy atom. The van der Waals surface area contributed by atoms with Crippen LogP contribution in [-0.4, -0.2) is 37.2 Å². The summed E-state index contributed by atoms with van der Waals surface area (Å²) in [4.78, 5) is 38.5. The second-order valence-corrected chi connectivity index (χ2v) is 24.5. The molecule has 0 bridgehead atoms. The van der Waals surface area contributed by atoms with Crippen LogP contribution in [0, 0.1) is 0 Å². The van der Waals surface area contributed by atoms with Crippen molar-refractivity contribution in [2.45, 2.75) is 399 Å². The van der Waals surface area contributed by atoms with Crippen molar-refractivity contribution in [1.82, 2.24) is 0 Å². The summed E-state index contributed by atoms with van der Waals surface area (Å²) in [7, 11) is 0. The molecule has 0 saturated carbocycles. The molecule has 0 aromatic heterocycles. The number of rotatable bonds is 67. The largest absolute Gasteiger partial charge is 0.462 e. The Morgan fingerprint density at radius 3 is 0.716 bits per heavy atom. The highest BCUT2D eigenvalue weighted by Gasteiger charge is 2.19. The Hall–Kier alpha value is -2.63. The van der Waals surface area contributed by atoms with Crippen LogP contribution in [0.3, 0.4) is 0 Å². The molecule has 0 fully saturated rings. The average Bonchev–Trinajstić information content (AvgIpc) is 3.47. The molecule has 0 spiro atoms. The smallest absolute Gasteiger partial charge is 0.306 e. The van der Waals surface area contributed by atoms with Crippen molar-refractivity contribution in [2.75, 3.05) is 13.2 Å². The fraction of sp³-hybridized carbons (Fsp3) is 0.853. The van der Waals surface area contributed by atoms with E-state index in [1.807, 2.05) is 0 Å². The van der Waals surface area contributed by atoms with Gasteiger partial charge in [-0.05, 0) is 83.5 Å². The third kappa shape index (κ3) is 68.0. The van der Waals surface area contributed by atoms with E-state index in [9.17, 15) is 14.4 Å². The molecule has 0 heterocycles. The molecule has 0 rings (SSSR count). The van der Waals surface area contributed by atoms with E-state index < -0.39 is 6.10 Å². The maximum absolute atomic E-state index is 13.0. The second kappa shape index (κ2) is 69.9. The van der Waals surface area contributed by atoms with Gasteiger partial charge in [-0.3, -0.25) is 14.4 Å². The van der Waals surface area contributed by atoms with Gasteiger partial charge in [-0.15, -0.1) is 0 Å². The zero-order valence-corrected chi connectivity index (χ0v) is 54.6. The summed E-state index contributed by atoms with van der Waals surface area (Å²) in [5, 5.41) is 0. The highest BCUT2D eigenvalue weighted by molar-refractivity contribution is 5.71. The number of hydrogen-bond donors (Lipinski definition) is 0. The van der Waals surface area contributed by atoms with E-state index in [0.717, 1.165) is 77.0 Å². The fourth-order valence-corrected chi connectivity index (χ4v) is 10.9. The molecule has 1 unspecified atom stereocenters. The predicted molar refractivity (Wildman–Crippen MR) is 353 cm³/mol. The van der Waals surface area contributed by atoms with Crippen LogP contribution in [0.2, 0.25) is 0 Å². The summed E-state index contributed by atoms with van der Waals surface area (Å²) in [6.07, 6.45) is 88.5. The number of ether oxygens (including phenoxy) is 3. The van der Waals surface area contributed by atoms with Crippen LogP contribution < -0.4 is 0 Å². The first-order chi connectivity index (χ1) is 40.0. The lowest BCUT2D eigenvalue weighted by Crippen LogP contribution is -2.30. The molecule has 6 heteroatoms. The lowest BCUT2D eigenvalue weighted by atomic mass is 10.0. The molecule has 1 atom stereocenters. The topological polar surface area (TPSA) is 78.9 Å². The van der Waals surface area contributed by atoms with E-state index in [4.69, 9.17) is 14.2 Å². The minimum Gasteiger partial charge on any atom is -0.462 e. The summed E-state index contributed by atoms with van der Waals surface area (Å²) < 4.78 is 17.0. The van der Waals surface area contributed by atoms with Crippen molar-refractivity contribution in [1.29, 1.82) is 0 Å². The normalized spacial score (nSPS) is 12.3. The second-order valence-electron chi connectivity index (χ2n) is 24.5. The highest BCUT2D eigenvalue weighted by atomic mass is 16.6. The quantitative estimate of drug-likeness (QED) is 0.0261. The van der Waals surface area contributed by atoms with E-state index in [2.05, 4.69) is 69.4 Å². The summed E-state index contributed by atoms with van der Waals surface area (Å²) in [5.41, 5.74) is 0. The molecular formula is C75H138O6. The summed E-state index contributed by atoms with van der Waals surface area (Å²) in [6, 6.07) is 0. The van der Waals surface area contributed by atoms with Crippen molar-refractivity contribution >= 4 is 17.9 Å². The van der Waals surface area contributed by atoms with Gasteiger partial charge in [-0.25, -0.2) is 0 Å². The van der Waals surface area contributed by atoms with Gasteiger partial charge in [-0.1, -0.05) is 339 Å². The molecule has 474 valence electrons. The van der Waals surface area contributed by atoms with Gasteiger partial charge in [-0.2, -0.15) is 0 Å². The van der Waals surface area contributed by atoms with Crippen LogP contribution in [0.15, 0.2) is 48.6 Å². The highest BCUT2D eigenvalue weighted by Crippen LogP contribution is 2.18. The first kappa shape index (κ1) is 78.4. The molecule has 6 nitrogen and oxygen atoms in total. The Labute approximate surface area is 505 Å². The van der Waals surface area contributed by atoms with Gasteiger partial charge in [0.2, 0.25) is 0 Å². The average molecular weight is 1140 g/mol. The van der Waals surface area contributed by atoms with Gasteiger partial charge in [0.1, 0.15) is 13.2 Å². The minimum atomic E-state index is -0.779. The predicted octanol–water partition coefficient (Wildman–Crippen LogP) is 24.9. The molecule has 0 aliphatic rings. The van der Waals surface area contributed by atoms with Crippen molar-refractivity contribution in [2.24, 2.45) is 0 Å². The molecule has 81 heavy (non-hydrogen) atoms. The lowest BCUT2D eigenvalue weighted by molar-refractivity contribution is -0.167. The Kier molecular flexibility index (Phi) is 67.6. The molecule has 0 aliphatic heterocycles. The summed E-state index contributed by atoms with van der Waals surface area (Å²) >= 11 is 0. The first-order valence-corrected chi connectivity index (χ1v) is 36.1. The molecule has 0 radical (unpaired) electrons. The van der Waals surface area contributed by atoms with Gasteiger partial charge in [0, 0.05) is 19.3 Å². The SMILES string of the molecule is CCCCC/C=C\C/C=C\CCCCCCCCCCCC(=O)OC(COC(=O)CCCCCCCCC/C=C\C/C=C\CCCCCC)COC(=O)CCCCCCCCCCCCCCCCCCCCCCCCCCCC. The van der Waals surface area contributed by atoms with E-state index in [1.54, 1.807) is 0 Å². The maximum Gasteiger partial charge on any atom is 0.306 e. The molecular weight excluding hydrogens is 997 g/mol. The zero-order valence-electron chi connectivity index (χ0n) is 54.6.